The van der Waals surface area contributed by atoms with Gasteiger partial charge in [0, 0.05) is 28.4 Å². The van der Waals surface area contributed by atoms with Crippen LogP contribution in [0.5, 0.6) is 0 Å². The maximum absolute atomic E-state index is 14.2. The van der Waals surface area contributed by atoms with E-state index in [1.807, 2.05) is 6.07 Å². The number of nitro groups is 1. The van der Waals surface area contributed by atoms with Gasteiger partial charge in [0.15, 0.2) is 5.13 Å². The Morgan fingerprint density at radius 3 is 2.69 bits per heavy atom. The third-order valence-electron chi connectivity index (χ3n) is 4.80. The Labute approximate surface area is 188 Å². The average molecular weight is 465 g/mol. The molecule has 2 aromatic carbocycles. The topological polar surface area (TPSA) is 89.2 Å². The van der Waals surface area contributed by atoms with Crippen molar-refractivity contribution in [3.05, 3.63) is 93.4 Å². The molecule has 32 heavy (non-hydrogen) atoms. The molecule has 0 bridgehead atoms. The van der Waals surface area contributed by atoms with E-state index in [1.165, 1.54) is 45.8 Å². The number of amides is 1. The number of para-hydroxylation sites is 1. The molecule has 3 heterocycles. The minimum absolute atomic E-state index is 0.0405. The van der Waals surface area contributed by atoms with Gasteiger partial charge in [-0.25, -0.2) is 9.37 Å². The summed E-state index contributed by atoms with van der Waals surface area (Å²) in [6.45, 7) is 0.148. The van der Waals surface area contributed by atoms with Crippen molar-refractivity contribution >= 4 is 59.7 Å². The predicted octanol–water partition coefficient (Wildman–Crippen LogP) is 5.80. The van der Waals surface area contributed by atoms with E-state index in [0.29, 0.717) is 25.8 Å². The molecule has 3 aromatic heterocycles. The van der Waals surface area contributed by atoms with Crippen LogP contribution in [-0.2, 0) is 6.54 Å². The van der Waals surface area contributed by atoms with E-state index in [-0.39, 0.29) is 23.7 Å². The van der Waals surface area contributed by atoms with Crippen LogP contribution in [0.25, 0.3) is 20.3 Å². The molecular formula is C22H13FN4O3S2. The summed E-state index contributed by atoms with van der Waals surface area (Å²) in [5.41, 5.74) is 0.817. The first-order valence-corrected chi connectivity index (χ1v) is 11.1. The molecule has 5 rings (SSSR count). The number of hydrogen-bond donors (Lipinski definition) is 0. The van der Waals surface area contributed by atoms with Crippen molar-refractivity contribution in [2.24, 2.45) is 0 Å². The number of hydrogen-bond acceptors (Lipinski definition) is 7. The van der Waals surface area contributed by atoms with Crippen LogP contribution in [0.3, 0.4) is 0 Å². The smallest absolute Gasteiger partial charge is 0.270 e. The zero-order valence-corrected chi connectivity index (χ0v) is 17.9. The molecule has 0 saturated carbocycles. The molecule has 0 fully saturated rings. The Morgan fingerprint density at radius 1 is 1.06 bits per heavy atom. The molecule has 158 valence electrons. The molecule has 10 heteroatoms. The van der Waals surface area contributed by atoms with E-state index in [2.05, 4.69) is 9.97 Å². The van der Waals surface area contributed by atoms with Crippen LogP contribution in [-0.4, -0.2) is 20.8 Å². The largest absolute Gasteiger partial charge is 0.277 e. The van der Waals surface area contributed by atoms with Crippen molar-refractivity contribution in [2.75, 3.05) is 4.90 Å². The zero-order valence-electron chi connectivity index (χ0n) is 16.3. The van der Waals surface area contributed by atoms with Gasteiger partial charge in [-0.1, -0.05) is 23.5 Å². The fourth-order valence-electron chi connectivity index (χ4n) is 3.28. The maximum atomic E-state index is 14.2. The number of benzene rings is 2. The standard InChI is InChI=1S/C22H13FN4O3S2/c23-16-5-3-6-18-20(16)25-22(32-18)26(12-14-4-1-2-9-24-14)21(28)19-11-13-10-15(27(29)30)7-8-17(13)31-19/h1-11H,12H2. The minimum Gasteiger partial charge on any atom is -0.277 e. The normalized spacial score (nSPS) is 11.2. The zero-order chi connectivity index (χ0) is 22.2. The van der Waals surface area contributed by atoms with Crippen LogP contribution < -0.4 is 4.90 Å². The Morgan fingerprint density at radius 2 is 1.94 bits per heavy atom. The summed E-state index contributed by atoms with van der Waals surface area (Å²) in [6.07, 6.45) is 1.63. The number of halogens is 1. The van der Waals surface area contributed by atoms with E-state index in [1.54, 1.807) is 42.6 Å². The summed E-state index contributed by atoms with van der Waals surface area (Å²) >= 11 is 2.45. The van der Waals surface area contributed by atoms with Crippen LogP contribution in [0, 0.1) is 15.9 Å². The molecule has 0 spiro atoms. The van der Waals surface area contributed by atoms with Crippen molar-refractivity contribution in [1.82, 2.24) is 9.97 Å². The van der Waals surface area contributed by atoms with Crippen LogP contribution in [0.2, 0.25) is 0 Å². The molecule has 0 N–H and O–H groups in total. The molecule has 0 aliphatic heterocycles. The van der Waals surface area contributed by atoms with Gasteiger partial charge in [0.25, 0.3) is 11.6 Å². The third kappa shape index (κ3) is 3.70. The summed E-state index contributed by atoms with van der Waals surface area (Å²) in [6, 6.07) is 16.2. The first kappa shape index (κ1) is 20.2. The molecule has 0 aliphatic rings. The van der Waals surface area contributed by atoms with Crippen LogP contribution in [0.15, 0.2) is 66.9 Å². The van der Waals surface area contributed by atoms with Gasteiger partial charge in [-0.2, -0.15) is 0 Å². The SMILES string of the molecule is O=C(c1cc2cc([N+](=O)[O-])ccc2s1)N(Cc1ccccn1)c1nc2c(F)cccc2s1. The van der Waals surface area contributed by atoms with E-state index in [9.17, 15) is 19.3 Å². The number of non-ortho nitro benzene ring substituents is 1. The highest BCUT2D eigenvalue weighted by Gasteiger charge is 2.25. The lowest BCUT2D eigenvalue weighted by Gasteiger charge is -2.18. The number of fused-ring (bicyclic) bond motifs is 2. The van der Waals surface area contributed by atoms with Crippen LogP contribution >= 0.6 is 22.7 Å². The molecule has 1 amide bonds. The quantitative estimate of drug-likeness (QED) is 0.242. The lowest BCUT2D eigenvalue weighted by molar-refractivity contribution is -0.384. The summed E-state index contributed by atoms with van der Waals surface area (Å²) in [4.78, 5) is 34.7. The molecule has 0 saturated heterocycles. The Bertz CT molecular complexity index is 1480. The summed E-state index contributed by atoms with van der Waals surface area (Å²) in [5.74, 6) is -0.789. The second-order valence-corrected chi connectivity index (χ2v) is 8.98. The van der Waals surface area contributed by atoms with E-state index < -0.39 is 10.7 Å². The van der Waals surface area contributed by atoms with Gasteiger partial charge in [0.1, 0.15) is 11.3 Å². The van der Waals surface area contributed by atoms with Crippen molar-refractivity contribution < 1.29 is 14.1 Å². The monoisotopic (exact) mass is 464 g/mol. The van der Waals surface area contributed by atoms with Crippen molar-refractivity contribution in [1.29, 1.82) is 0 Å². The molecule has 0 aliphatic carbocycles. The number of carbonyl (C=O) groups is 1. The molecule has 7 nitrogen and oxygen atoms in total. The van der Waals surface area contributed by atoms with Gasteiger partial charge < -0.3 is 0 Å². The van der Waals surface area contributed by atoms with Gasteiger partial charge in [0.2, 0.25) is 0 Å². The first-order chi connectivity index (χ1) is 15.5. The number of rotatable bonds is 5. The highest BCUT2D eigenvalue weighted by Crippen LogP contribution is 2.34. The number of carbonyl (C=O) groups excluding carboxylic acids is 1. The van der Waals surface area contributed by atoms with Gasteiger partial charge in [-0.3, -0.25) is 24.8 Å². The number of nitrogens with zero attached hydrogens (tertiary/aromatic N) is 4. The van der Waals surface area contributed by atoms with E-state index in [4.69, 9.17) is 0 Å². The lowest BCUT2D eigenvalue weighted by atomic mass is 10.2. The summed E-state index contributed by atoms with van der Waals surface area (Å²) in [7, 11) is 0. The highest BCUT2D eigenvalue weighted by molar-refractivity contribution is 7.23. The Hall–Kier alpha value is -3.76. The van der Waals surface area contributed by atoms with Crippen LogP contribution in [0.1, 0.15) is 15.4 Å². The molecule has 5 aromatic rings. The minimum atomic E-state index is -0.471. The van der Waals surface area contributed by atoms with Crippen LogP contribution in [0.4, 0.5) is 15.2 Å². The van der Waals surface area contributed by atoms with Gasteiger partial charge in [-0.05, 0) is 36.4 Å². The molecule has 0 atom stereocenters. The Kier molecular flexibility index (Phi) is 5.08. The number of anilines is 1. The average Bonchev–Trinajstić information content (AvgIpc) is 3.42. The van der Waals surface area contributed by atoms with E-state index >= 15 is 0 Å². The number of nitro benzene ring substituents is 1. The second-order valence-electron chi connectivity index (χ2n) is 6.89. The lowest BCUT2D eigenvalue weighted by Crippen LogP contribution is -2.30. The number of thiazole rings is 1. The van der Waals surface area contributed by atoms with Gasteiger partial charge in [-0.15, -0.1) is 11.3 Å². The molecule has 0 radical (unpaired) electrons. The van der Waals surface area contributed by atoms with Crippen molar-refractivity contribution in [3.8, 4) is 0 Å². The fraction of sp³-hybridized carbons (Fsp3) is 0.0455. The first-order valence-electron chi connectivity index (χ1n) is 9.44. The molecular weight excluding hydrogens is 451 g/mol. The second kappa shape index (κ2) is 8.06. The number of aromatic nitrogens is 2. The van der Waals surface area contributed by atoms with Gasteiger partial charge >= 0.3 is 0 Å². The van der Waals surface area contributed by atoms with Crippen molar-refractivity contribution in [2.45, 2.75) is 6.54 Å². The fourth-order valence-corrected chi connectivity index (χ4v) is 5.25. The maximum Gasteiger partial charge on any atom is 0.270 e. The Balaban J connectivity index is 1.59. The van der Waals surface area contributed by atoms with E-state index in [0.717, 1.165) is 4.70 Å². The summed E-state index contributed by atoms with van der Waals surface area (Å²) < 4.78 is 15.6. The molecule has 0 unspecified atom stereocenters. The third-order valence-corrected chi connectivity index (χ3v) is 6.95. The van der Waals surface area contributed by atoms with Crippen molar-refractivity contribution in [3.63, 3.8) is 0 Å². The number of thiophene rings is 1. The highest BCUT2D eigenvalue weighted by atomic mass is 32.1. The number of pyridine rings is 1. The summed E-state index contributed by atoms with van der Waals surface area (Å²) in [5, 5.41) is 12.0. The van der Waals surface area contributed by atoms with Gasteiger partial charge in [0.05, 0.1) is 26.7 Å². The predicted molar refractivity (Wildman–Crippen MR) is 123 cm³/mol.